The van der Waals surface area contributed by atoms with Gasteiger partial charge in [0.1, 0.15) is 11.8 Å². The molecule has 0 radical (unpaired) electrons. The van der Waals surface area contributed by atoms with Gasteiger partial charge in [-0.15, -0.1) is 0 Å². The Bertz CT molecular complexity index is 875. The second-order valence-electron chi connectivity index (χ2n) is 7.06. The zero-order chi connectivity index (χ0) is 23.6. The third kappa shape index (κ3) is 8.12. The number of hydrogen-bond donors (Lipinski definition) is 2. The number of methoxy groups -OCH3 is 2. The second-order valence-corrected chi connectivity index (χ2v) is 8.76. The van der Waals surface area contributed by atoms with Crippen molar-refractivity contribution < 1.29 is 32.7 Å². The molecule has 3 N–H and O–H groups in total. The lowest BCUT2D eigenvalue weighted by Gasteiger charge is -2.26. The molecule has 3 atom stereocenters. The van der Waals surface area contributed by atoms with Crippen LogP contribution in [0.2, 0.25) is 0 Å². The van der Waals surface area contributed by atoms with Gasteiger partial charge in [-0.2, -0.15) is 5.09 Å². The first-order valence-electron chi connectivity index (χ1n) is 10.1. The number of nitrogens with one attached hydrogen (secondary N) is 1. The quantitative estimate of drug-likeness (QED) is 0.332. The standard InChI is InChI=1S/C21H30N3O7P/c1-16(21(26)29-3)23-32(27,31-18-9-5-4-6-10-18)30-15-19(28-2)11-13-24-12-7-8-17(14-24)20(22)25/h4-7,9-10,12,14,16,19H,8,11,13,15H2,1-3H3,(H2,22,25)(H,23,27). The van der Waals surface area contributed by atoms with Crippen molar-refractivity contribution in [3.05, 3.63) is 54.4 Å². The number of rotatable bonds is 13. The zero-order valence-electron chi connectivity index (χ0n) is 18.4. The first kappa shape index (κ1) is 25.6. The minimum atomic E-state index is -3.94. The smallest absolute Gasteiger partial charge is 0.459 e. The molecule has 1 aliphatic heterocycles. The first-order valence-corrected chi connectivity index (χ1v) is 11.6. The van der Waals surface area contributed by atoms with Gasteiger partial charge in [0.05, 0.1) is 19.8 Å². The average molecular weight is 467 g/mol. The van der Waals surface area contributed by atoms with Crippen LogP contribution in [0, 0.1) is 0 Å². The van der Waals surface area contributed by atoms with E-state index in [1.54, 1.807) is 36.5 Å². The largest absolute Gasteiger partial charge is 0.468 e. The van der Waals surface area contributed by atoms with Crippen molar-refractivity contribution in [1.82, 2.24) is 9.99 Å². The molecule has 3 unspecified atom stereocenters. The molecule has 1 aromatic carbocycles. The molecule has 1 aromatic rings. The maximum absolute atomic E-state index is 13.4. The molecule has 1 aliphatic rings. The van der Waals surface area contributed by atoms with Gasteiger partial charge in [-0.3, -0.25) is 14.1 Å². The molecule has 0 saturated carbocycles. The third-order valence-electron chi connectivity index (χ3n) is 4.62. The summed E-state index contributed by atoms with van der Waals surface area (Å²) in [6, 6.07) is 7.56. The third-order valence-corrected chi connectivity index (χ3v) is 6.26. The highest BCUT2D eigenvalue weighted by molar-refractivity contribution is 7.52. The van der Waals surface area contributed by atoms with Gasteiger partial charge in [0.25, 0.3) is 0 Å². The van der Waals surface area contributed by atoms with E-state index >= 15 is 0 Å². The number of carbonyl (C=O) groups is 2. The van der Waals surface area contributed by atoms with E-state index in [4.69, 9.17) is 19.5 Å². The van der Waals surface area contributed by atoms with E-state index in [-0.39, 0.29) is 6.61 Å². The van der Waals surface area contributed by atoms with Gasteiger partial charge in [-0.25, -0.2) is 4.57 Å². The number of nitrogens with zero attached hydrogens (tertiary/aromatic N) is 1. The highest BCUT2D eigenvalue weighted by atomic mass is 31.2. The number of primary amides is 1. The molecule has 0 aromatic heterocycles. The number of carbonyl (C=O) groups excluding carboxylic acids is 2. The van der Waals surface area contributed by atoms with Crippen molar-refractivity contribution in [3.8, 4) is 5.75 Å². The molecule has 0 aliphatic carbocycles. The Kier molecular flexibility index (Phi) is 9.93. The summed E-state index contributed by atoms with van der Waals surface area (Å²) in [7, 11) is -1.20. The molecule has 1 amide bonds. The summed E-state index contributed by atoms with van der Waals surface area (Å²) in [5.74, 6) is -0.754. The number of para-hydroxylation sites is 1. The Balaban J connectivity index is 2.01. The van der Waals surface area contributed by atoms with Crippen molar-refractivity contribution >= 4 is 19.6 Å². The molecule has 10 nitrogen and oxygen atoms in total. The van der Waals surface area contributed by atoms with Crippen LogP contribution in [0.25, 0.3) is 0 Å². The fourth-order valence-corrected chi connectivity index (χ4v) is 4.36. The van der Waals surface area contributed by atoms with Gasteiger partial charge in [0, 0.05) is 25.4 Å². The number of nitrogens with two attached hydrogens (primary N) is 1. The van der Waals surface area contributed by atoms with Crippen LogP contribution in [0.15, 0.2) is 54.4 Å². The number of hydrogen-bond acceptors (Lipinski definition) is 8. The molecular weight excluding hydrogens is 437 g/mol. The van der Waals surface area contributed by atoms with Crippen LogP contribution < -0.4 is 15.3 Å². The molecular formula is C21H30N3O7P. The minimum Gasteiger partial charge on any atom is -0.468 e. The normalized spacial score (nSPS) is 17.1. The van der Waals surface area contributed by atoms with Gasteiger partial charge in [-0.1, -0.05) is 24.3 Å². The van der Waals surface area contributed by atoms with E-state index in [1.165, 1.54) is 21.1 Å². The Morgan fingerprint density at radius 1 is 1.25 bits per heavy atom. The summed E-state index contributed by atoms with van der Waals surface area (Å²) in [5.41, 5.74) is 5.86. The van der Waals surface area contributed by atoms with Gasteiger partial charge in [0.15, 0.2) is 0 Å². The molecule has 2 rings (SSSR count). The van der Waals surface area contributed by atoms with Crippen molar-refractivity contribution in [3.63, 3.8) is 0 Å². The summed E-state index contributed by atoms with van der Waals surface area (Å²) in [6.45, 7) is 1.95. The predicted molar refractivity (Wildman–Crippen MR) is 118 cm³/mol. The molecule has 32 heavy (non-hydrogen) atoms. The molecule has 0 bridgehead atoms. The lowest BCUT2D eigenvalue weighted by atomic mass is 10.1. The van der Waals surface area contributed by atoms with Crippen LogP contribution in [0.4, 0.5) is 0 Å². The SMILES string of the molecule is COC(=O)C(C)NP(=O)(OCC(CCN1C=CCC(C(N)=O)=C1)OC)Oc1ccccc1. The summed E-state index contributed by atoms with van der Waals surface area (Å²) in [4.78, 5) is 25.0. The van der Waals surface area contributed by atoms with Crippen LogP contribution in [0.3, 0.4) is 0 Å². The fourth-order valence-electron chi connectivity index (χ4n) is 2.83. The van der Waals surface area contributed by atoms with Gasteiger partial charge in [0.2, 0.25) is 5.91 Å². The molecule has 176 valence electrons. The Labute approximate surface area is 187 Å². The molecule has 1 heterocycles. The fraction of sp³-hybridized carbons (Fsp3) is 0.429. The lowest BCUT2D eigenvalue weighted by Crippen LogP contribution is -2.35. The molecule has 11 heteroatoms. The maximum atomic E-state index is 13.4. The van der Waals surface area contributed by atoms with E-state index in [9.17, 15) is 14.2 Å². The molecule has 0 saturated heterocycles. The molecule has 0 spiro atoms. The van der Waals surface area contributed by atoms with E-state index < -0.39 is 31.8 Å². The number of amides is 1. The van der Waals surface area contributed by atoms with Gasteiger partial charge < -0.3 is 24.6 Å². The number of ether oxygens (including phenoxy) is 2. The summed E-state index contributed by atoms with van der Waals surface area (Å²) in [5, 5.41) is 2.59. The summed E-state index contributed by atoms with van der Waals surface area (Å²) in [6.07, 6.45) is 5.95. The van der Waals surface area contributed by atoms with Crippen molar-refractivity contribution in [2.75, 3.05) is 27.4 Å². The predicted octanol–water partition coefficient (Wildman–Crippen LogP) is 2.33. The maximum Gasteiger partial charge on any atom is 0.459 e. The lowest BCUT2D eigenvalue weighted by molar-refractivity contribution is -0.142. The van der Waals surface area contributed by atoms with Gasteiger partial charge in [-0.05, 0) is 38.1 Å². The topological polar surface area (TPSA) is 129 Å². The highest BCUT2D eigenvalue weighted by Gasteiger charge is 2.33. The van der Waals surface area contributed by atoms with Crippen LogP contribution in [0.1, 0.15) is 19.8 Å². The van der Waals surface area contributed by atoms with Crippen LogP contribution in [-0.4, -0.2) is 56.3 Å². The number of benzene rings is 1. The highest BCUT2D eigenvalue weighted by Crippen LogP contribution is 2.45. The number of esters is 1. The second kappa shape index (κ2) is 12.4. The van der Waals surface area contributed by atoms with Crippen LogP contribution in [0.5, 0.6) is 5.75 Å². The van der Waals surface area contributed by atoms with E-state index in [1.807, 2.05) is 17.2 Å². The van der Waals surface area contributed by atoms with Crippen molar-refractivity contribution in [2.24, 2.45) is 5.73 Å². The van der Waals surface area contributed by atoms with Crippen molar-refractivity contribution in [1.29, 1.82) is 0 Å². The van der Waals surface area contributed by atoms with Crippen molar-refractivity contribution in [2.45, 2.75) is 31.9 Å². The van der Waals surface area contributed by atoms with E-state index in [2.05, 4.69) is 9.82 Å². The number of allylic oxidation sites excluding steroid dienone is 1. The van der Waals surface area contributed by atoms with Crippen LogP contribution >= 0.6 is 7.75 Å². The summed E-state index contributed by atoms with van der Waals surface area (Å²) >= 11 is 0. The zero-order valence-corrected chi connectivity index (χ0v) is 19.3. The first-order chi connectivity index (χ1) is 15.3. The summed E-state index contributed by atoms with van der Waals surface area (Å²) < 4.78 is 34.7. The van der Waals surface area contributed by atoms with E-state index in [0.29, 0.717) is 30.7 Å². The monoisotopic (exact) mass is 467 g/mol. The Morgan fingerprint density at radius 3 is 2.59 bits per heavy atom. The van der Waals surface area contributed by atoms with E-state index in [0.717, 1.165) is 0 Å². The Morgan fingerprint density at radius 2 is 1.97 bits per heavy atom. The average Bonchev–Trinajstić information content (AvgIpc) is 2.79. The molecule has 0 fully saturated rings. The Hall–Kier alpha value is -2.65. The van der Waals surface area contributed by atoms with Crippen LogP contribution in [-0.2, 0) is 28.2 Å². The minimum absolute atomic E-state index is 0.0640. The van der Waals surface area contributed by atoms with Gasteiger partial charge >= 0.3 is 13.7 Å².